The predicted octanol–water partition coefficient (Wildman–Crippen LogP) is 4.80. The standard InChI is InChI=1S/C24H29N3O3/c1-14-15(2)23-19(16(3)22(14)27(28)29)11-24(4,30-23)13-26-10-9-18-17-7-5-6-8-20(17)25-21(18)12-26/h5-8,16,19,25H,9-13H2,1-4H3. The summed E-state index contributed by atoms with van der Waals surface area (Å²) in [5, 5.41) is 13.0. The van der Waals surface area contributed by atoms with E-state index in [1.165, 1.54) is 22.2 Å². The number of nitro groups is 1. The smallest absolute Gasteiger partial charge is 0.253 e. The van der Waals surface area contributed by atoms with Crippen LogP contribution >= 0.6 is 0 Å². The van der Waals surface area contributed by atoms with Crippen molar-refractivity contribution in [3.05, 3.63) is 68.2 Å². The first-order valence-electron chi connectivity index (χ1n) is 10.8. The van der Waals surface area contributed by atoms with Gasteiger partial charge in [0.1, 0.15) is 11.4 Å². The lowest BCUT2D eigenvalue weighted by Crippen LogP contribution is -2.43. The summed E-state index contributed by atoms with van der Waals surface area (Å²) in [4.78, 5) is 17.5. The Labute approximate surface area is 176 Å². The lowest BCUT2D eigenvalue weighted by molar-refractivity contribution is -0.436. The van der Waals surface area contributed by atoms with E-state index in [-0.39, 0.29) is 22.4 Å². The molecular weight excluding hydrogens is 378 g/mol. The molecule has 1 aromatic carbocycles. The van der Waals surface area contributed by atoms with E-state index in [0.29, 0.717) is 5.70 Å². The number of hydrogen-bond donors (Lipinski definition) is 1. The highest BCUT2D eigenvalue weighted by Crippen LogP contribution is 2.50. The third-order valence-corrected chi connectivity index (χ3v) is 7.41. The Morgan fingerprint density at radius 1 is 1.30 bits per heavy atom. The molecular formula is C24H29N3O3. The molecule has 3 aliphatic rings. The molecule has 6 heteroatoms. The van der Waals surface area contributed by atoms with E-state index in [0.717, 1.165) is 49.4 Å². The van der Waals surface area contributed by atoms with Crippen molar-refractivity contribution in [2.75, 3.05) is 13.1 Å². The molecule has 6 nitrogen and oxygen atoms in total. The molecule has 1 saturated heterocycles. The minimum Gasteiger partial charge on any atom is -0.490 e. The highest BCUT2D eigenvalue weighted by molar-refractivity contribution is 5.84. The molecule has 0 bridgehead atoms. The third kappa shape index (κ3) is 2.88. The minimum atomic E-state index is -0.328. The molecule has 158 valence electrons. The van der Waals surface area contributed by atoms with Gasteiger partial charge in [0.2, 0.25) is 0 Å². The zero-order valence-corrected chi connectivity index (χ0v) is 18.1. The first-order chi connectivity index (χ1) is 14.3. The quantitative estimate of drug-likeness (QED) is 0.586. The summed E-state index contributed by atoms with van der Waals surface area (Å²) in [7, 11) is 0. The Bertz CT molecular complexity index is 1110. The van der Waals surface area contributed by atoms with E-state index in [1.807, 2.05) is 20.8 Å². The molecule has 0 saturated carbocycles. The van der Waals surface area contributed by atoms with Gasteiger partial charge in [-0.25, -0.2) is 0 Å². The number of aromatic nitrogens is 1. The van der Waals surface area contributed by atoms with Crippen molar-refractivity contribution in [2.45, 2.75) is 52.7 Å². The normalized spacial score (nSPS) is 29.2. The number of rotatable bonds is 3. The number of benzene rings is 1. The molecule has 2 aliphatic heterocycles. The van der Waals surface area contributed by atoms with Gasteiger partial charge in [-0.05, 0) is 50.8 Å². The van der Waals surface area contributed by atoms with Crippen LogP contribution in [-0.4, -0.2) is 33.5 Å². The summed E-state index contributed by atoms with van der Waals surface area (Å²) >= 11 is 0. The number of para-hydroxylation sites is 1. The topological polar surface area (TPSA) is 71.4 Å². The summed E-state index contributed by atoms with van der Waals surface area (Å²) in [5.41, 5.74) is 5.70. The first kappa shape index (κ1) is 19.4. The van der Waals surface area contributed by atoms with Crippen LogP contribution < -0.4 is 0 Å². The van der Waals surface area contributed by atoms with Crippen molar-refractivity contribution in [3.8, 4) is 0 Å². The highest BCUT2D eigenvalue weighted by Gasteiger charge is 2.50. The second-order valence-electron chi connectivity index (χ2n) is 9.50. The maximum atomic E-state index is 11.7. The molecule has 3 atom stereocenters. The second-order valence-corrected chi connectivity index (χ2v) is 9.50. The molecule has 1 aliphatic carbocycles. The summed E-state index contributed by atoms with van der Waals surface area (Å²) in [6, 6.07) is 8.52. The van der Waals surface area contributed by atoms with Crippen LogP contribution in [-0.2, 0) is 17.7 Å². The van der Waals surface area contributed by atoms with Gasteiger partial charge < -0.3 is 9.72 Å². The van der Waals surface area contributed by atoms with Crippen molar-refractivity contribution in [3.63, 3.8) is 0 Å². The van der Waals surface area contributed by atoms with Crippen molar-refractivity contribution >= 4 is 10.9 Å². The summed E-state index contributed by atoms with van der Waals surface area (Å²) in [5.74, 6) is 0.936. The Morgan fingerprint density at radius 3 is 2.83 bits per heavy atom. The highest BCUT2D eigenvalue weighted by atomic mass is 16.6. The number of allylic oxidation sites excluding steroid dienone is 4. The van der Waals surface area contributed by atoms with Crippen molar-refractivity contribution < 1.29 is 9.66 Å². The zero-order chi connectivity index (χ0) is 21.2. The number of hydrogen-bond acceptors (Lipinski definition) is 4. The summed E-state index contributed by atoms with van der Waals surface area (Å²) < 4.78 is 6.55. The third-order valence-electron chi connectivity index (χ3n) is 7.41. The van der Waals surface area contributed by atoms with Crippen LogP contribution in [0.4, 0.5) is 0 Å². The van der Waals surface area contributed by atoms with Crippen LogP contribution in [0.3, 0.4) is 0 Å². The molecule has 3 heterocycles. The zero-order valence-electron chi connectivity index (χ0n) is 18.1. The van der Waals surface area contributed by atoms with Crippen LogP contribution in [0.5, 0.6) is 0 Å². The average Bonchev–Trinajstić information content (AvgIpc) is 3.23. The van der Waals surface area contributed by atoms with Gasteiger partial charge in [-0.1, -0.05) is 25.1 Å². The summed E-state index contributed by atoms with van der Waals surface area (Å²) in [6.45, 7) is 10.7. The van der Waals surface area contributed by atoms with E-state index in [2.05, 4.69) is 41.1 Å². The van der Waals surface area contributed by atoms with Crippen molar-refractivity contribution in [1.29, 1.82) is 0 Å². The minimum absolute atomic E-state index is 0.0903. The molecule has 1 aromatic heterocycles. The SMILES string of the molecule is CC1=C2OC(C)(CN3CCc4c([nH]c5ccccc45)C3)CC2C(C)C([N+](=O)[O-])=C1C. The van der Waals surface area contributed by atoms with E-state index in [4.69, 9.17) is 4.74 Å². The van der Waals surface area contributed by atoms with E-state index in [9.17, 15) is 10.1 Å². The number of nitrogens with one attached hydrogen (secondary N) is 1. The largest absolute Gasteiger partial charge is 0.490 e. The monoisotopic (exact) mass is 407 g/mol. The fourth-order valence-electron chi connectivity index (χ4n) is 5.87. The van der Waals surface area contributed by atoms with E-state index < -0.39 is 0 Å². The van der Waals surface area contributed by atoms with Gasteiger partial charge in [-0.15, -0.1) is 0 Å². The maximum Gasteiger partial charge on any atom is 0.253 e. The van der Waals surface area contributed by atoms with Gasteiger partial charge in [-0.3, -0.25) is 15.0 Å². The van der Waals surface area contributed by atoms with Crippen LogP contribution in [0, 0.1) is 22.0 Å². The van der Waals surface area contributed by atoms with Gasteiger partial charge in [0, 0.05) is 47.7 Å². The molecule has 1 fully saturated rings. The van der Waals surface area contributed by atoms with Crippen LogP contribution in [0.1, 0.15) is 45.4 Å². The fraction of sp³-hybridized carbons (Fsp3) is 0.500. The van der Waals surface area contributed by atoms with Gasteiger partial charge >= 0.3 is 0 Å². The number of ether oxygens (including phenoxy) is 1. The Hall–Kier alpha value is -2.60. The maximum absolute atomic E-state index is 11.7. The van der Waals surface area contributed by atoms with Crippen LogP contribution in [0.25, 0.3) is 10.9 Å². The number of nitrogens with zero attached hydrogens (tertiary/aromatic N) is 2. The average molecular weight is 408 g/mol. The van der Waals surface area contributed by atoms with Gasteiger partial charge in [0.15, 0.2) is 0 Å². The number of fused-ring (bicyclic) bond motifs is 4. The Balaban J connectivity index is 1.37. The summed E-state index contributed by atoms with van der Waals surface area (Å²) in [6.07, 6.45) is 1.85. The number of aromatic amines is 1. The lowest BCUT2D eigenvalue weighted by atomic mass is 9.77. The molecule has 0 amide bonds. The van der Waals surface area contributed by atoms with Crippen molar-refractivity contribution in [1.82, 2.24) is 9.88 Å². The molecule has 0 radical (unpaired) electrons. The van der Waals surface area contributed by atoms with E-state index >= 15 is 0 Å². The van der Waals surface area contributed by atoms with Crippen molar-refractivity contribution in [2.24, 2.45) is 11.8 Å². The predicted molar refractivity (Wildman–Crippen MR) is 116 cm³/mol. The molecule has 0 spiro atoms. The molecule has 1 N–H and O–H groups in total. The fourth-order valence-corrected chi connectivity index (χ4v) is 5.87. The second kappa shape index (κ2) is 6.71. The molecule has 2 aromatic rings. The van der Waals surface area contributed by atoms with Gasteiger partial charge in [0.05, 0.1) is 10.8 Å². The molecule has 3 unspecified atom stereocenters. The first-order valence-corrected chi connectivity index (χ1v) is 10.8. The van der Waals surface area contributed by atoms with Crippen LogP contribution in [0.2, 0.25) is 0 Å². The number of H-pyrrole nitrogens is 1. The Kier molecular flexibility index (Phi) is 4.33. The lowest BCUT2D eigenvalue weighted by Gasteiger charge is -2.34. The van der Waals surface area contributed by atoms with Gasteiger partial charge in [-0.2, -0.15) is 0 Å². The molecule has 30 heavy (non-hydrogen) atoms. The van der Waals surface area contributed by atoms with E-state index in [1.54, 1.807) is 0 Å². The van der Waals surface area contributed by atoms with Gasteiger partial charge in [0.25, 0.3) is 5.70 Å². The Morgan fingerprint density at radius 2 is 2.07 bits per heavy atom. The van der Waals surface area contributed by atoms with Crippen LogP contribution in [0.15, 0.2) is 46.9 Å². The molecule has 5 rings (SSSR count).